The van der Waals surface area contributed by atoms with Gasteiger partial charge in [0.25, 0.3) is 0 Å². The fraction of sp³-hybridized carbons (Fsp3) is 0.850. The molecule has 21 heavy (non-hydrogen) atoms. The fourth-order valence-electron chi connectivity index (χ4n) is 5.51. The van der Waals surface area contributed by atoms with E-state index < -0.39 is 0 Å². The van der Waals surface area contributed by atoms with Crippen molar-refractivity contribution in [1.29, 1.82) is 0 Å². The minimum atomic E-state index is 0.704. The molecule has 3 aliphatic carbocycles. The number of fused-ring (bicyclic) bond motifs is 1. The molecule has 3 rings (SSSR count). The lowest BCUT2D eigenvalue weighted by Gasteiger charge is -2.28. The molecular formula is C20H30O. The molecule has 1 nitrogen and oxygen atoms in total. The van der Waals surface area contributed by atoms with Gasteiger partial charge in [0.1, 0.15) is 6.29 Å². The summed E-state index contributed by atoms with van der Waals surface area (Å²) < 4.78 is 0. The Morgan fingerprint density at radius 3 is 2.10 bits per heavy atom. The van der Waals surface area contributed by atoms with Gasteiger partial charge in [0.2, 0.25) is 0 Å². The zero-order valence-corrected chi connectivity index (χ0v) is 13.3. The van der Waals surface area contributed by atoms with E-state index in [9.17, 15) is 4.79 Å². The molecule has 2 atom stereocenters. The Balaban J connectivity index is 1.43. The van der Waals surface area contributed by atoms with E-state index in [-0.39, 0.29) is 0 Å². The summed E-state index contributed by atoms with van der Waals surface area (Å²) in [5.74, 6) is 8.57. The Morgan fingerprint density at radius 2 is 1.52 bits per heavy atom. The second-order valence-corrected chi connectivity index (χ2v) is 7.85. The standard InChI is InChI=1S/C20H30O/c1-2-3-4-15-7-11-18-19(12-8-15)20(18)17-9-5-16(6-10-17)13-14-21/h1,14-20H,3-13H2. The highest BCUT2D eigenvalue weighted by Crippen LogP contribution is 2.61. The third-order valence-electron chi connectivity index (χ3n) is 6.78. The van der Waals surface area contributed by atoms with Gasteiger partial charge in [-0.1, -0.05) is 12.8 Å². The van der Waals surface area contributed by atoms with Crippen LogP contribution in [0.2, 0.25) is 0 Å². The van der Waals surface area contributed by atoms with Crippen LogP contribution in [0.4, 0.5) is 0 Å². The molecule has 2 unspecified atom stereocenters. The van der Waals surface area contributed by atoms with Crippen molar-refractivity contribution in [3.63, 3.8) is 0 Å². The highest BCUT2D eigenvalue weighted by Gasteiger charge is 2.53. The summed E-state index contributed by atoms with van der Waals surface area (Å²) in [6.07, 6.45) is 20.8. The smallest absolute Gasteiger partial charge is 0.120 e. The summed E-state index contributed by atoms with van der Waals surface area (Å²) in [7, 11) is 0. The van der Waals surface area contributed by atoms with Crippen molar-refractivity contribution < 1.29 is 4.79 Å². The number of carbonyl (C=O) groups excluding carboxylic acids is 1. The van der Waals surface area contributed by atoms with Gasteiger partial charge in [-0.2, -0.15) is 0 Å². The number of terminal acetylenes is 1. The van der Waals surface area contributed by atoms with Crippen LogP contribution in [0.5, 0.6) is 0 Å². The van der Waals surface area contributed by atoms with E-state index in [2.05, 4.69) is 5.92 Å². The lowest BCUT2D eigenvalue weighted by molar-refractivity contribution is -0.108. The maximum absolute atomic E-state index is 10.6. The van der Waals surface area contributed by atoms with Gasteiger partial charge in [0.15, 0.2) is 0 Å². The van der Waals surface area contributed by atoms with Gasteiger partial charge in [0, 0.05) is 12.8 Å². The summed E-state index contributed by atoms with van der Waals surface area (Å²) in [5, 5.41) is 0. The molecule has 1 heteroatoms. The minimum Gasteiger partial charge on any atom is -0.303 e. The van der Waals surface area contributed by atoms with Gasteiger partial charge in [-0.25, -0.2) is 0 Å². The normalized spacial score (nSPS) is 42.4. The molecule has 0 radical (unpaired) electrons. The molecule has 0 heterocycles. The summed E-state index contributed by atoms with van der Waals surface area (Å²) >= 11 is 0. The van der Waals surface area contributed by atoms with Gasteiger partial charge < -0.3 is 4.79 Å². The molecule has 0 saturated heterocycles. The van der Waals surface area contributed by atoms with Crippen LogP contribution in [-0.4, -0.2) is 6.29 Å². The monoisotopic (exact) mass is 286 g/mol. The Hall–Kier alpha value is -0.770. The first-order valence-electron chi connectivity index (χ1n) is 9.20. The molecule has 116 valence electrons. The zero-order chi connectivity index (χ0) is 14.7. The van der Waals surface area contributed by atoms with Crippen molar-refractivity contribution in [2.24, 2.45) is 35.5 Å². The Kier molecular flexibility index (Phi) is 5.04. The number of hydrogen-bond donors (Lipinski definition) is 0. The van der Waals surface area contributed by atoms with Crippen molar-refractivity contribution in [1.82, 2.24) is 0 Å². The Morgan fingerprint density at radius 1 is 0.905 bits per heavy atom. The molecule has 0 aromatic rings. The van der Waals surface area contributed by atoms with Gasteiger partial charge in [-0.3, -0.25) is 0 Å². The average Bonchev–Trinajstić information content (AvgIpc) is 3.23. The van der Waals surface area contributed by atoms with Crippen LogP contribution >= 0.6 is 0 Å². The number of aldehydes is 1. The Bertz CT molecular complexity index is 371. The maximum atomic E-state index is 10.6. The van der Waals surface area contributed by atoms with Gasteiger partial charge >= 0.3 is 0 Å². The predicted octanol–water partition coefficient (Wildman–Crippen LogP) is 4.85. The molecule has 0 aromatic heterocycles. The highest BCUT2D eigenvalue weighted by molar-refractivity contribution is 5.49. The predicted molar refractivity (Wildman–Crippen MR) is 86.6 cm³/mol. The maximum Gasteiger partial charge on any atom is 0.120 e. The SMILES string of the molecule is C#CCCC1CCC2C(CC1)C2C1CCC(CC=O)CC1. The number of rotatable bonds is 5. The molecule has 3 aliphatic rings. The van der Waals surface area contributed by atoms with E-state index in [1.807, 2.05) is 0 Å². The highest BCUT2D eigenvalue weighted by atomic mass is 16.1. The molecule has 0 bridgehead atoms. The van der Waals surface area contributed by atoms with Crippen molar-refractivity contribution in [3.05, 3.63) is 0 Å². The van der Waals surface area contributed by atoms with Crippen LogP contribution in [0.3, 0.4) is 0 Å². The lowest BCUT2D eigenvalue weighted by atomic mass is 9.77. The zero-order valence-electron chi connectivity index (χ0n) is 13.3. The first-order valence-corrected chi connectivity index (χ1v) is 9.20. The Labute approximate surface area is 130 Å². The van der Waals surface area contributed by atoms with Crippen molar-refractivity contribution in [2.75, 3.05) is 0 Å². The van der Waals surface area contributed by atoms with Crippen LogP contribution in [0.15, 0.2) is 0 Å². The van der Waals surface area contributed by atoms with Crippen molar-refractivity contribution in [3.8, 4) is 12.3 Å². The molecule has 3 saturated carbocycles. The third-order valence-corrected chi connectivity index (χ3v) is 6.78. The number of carbonyl (C=O) groups is 1. The van der Waals surface area contributed by atoms with E-state index >= 15 is 0 Å². The molecule has 0 aromatic carbocycles. The first kappa shape index (κ1) is 15.1. The molecule has 0 amide bonds. The summed E-state index contributed by atoms with van der Waals surface area (Å²) in [6, 6.07) is 0. The summed E-state index contributed by atoms with van der Waals surface area (Å²) in [6.45, 7) is 0. The van der Waals surface area contributed by atoms with Gasteiger partial charge in [0.05, 0.1) is 0 Å². The van der Waals surface area contributed by atoms with Crippen LogP contribution in [0.1, 0.15) is 70.6 Å². The first-order chi connectivity index (χ1) is 10.3. The van der Waals surface area contributed by atoms with E-state index in [0.717, 1.165) is 48.7 Å². The van der Waals surface area contributed by atoms with E-state index in [0.29, 0.717) is 5.92 Å². The van der Waals surface area contributed by atoms with E-state index in [1.165, 1.54) is 57.8 Å². The fourth-order valence-corrected chi connectivity index (χ4v) is 5.51. The quantitative estimate of drug-likeness (QED) is 0.521. The average molecular weight is 286 g/mol. The second-order valence-electron chi connectivity index (χ2n) is 7.85. The molecule has 0 aliphatic heterocycles. The largest absolute Gasteiger partial charge is 0.303 e. The summed E-state index contributed by atoms with van der Waals surface area (Å²) in [5.41, 5.74) is 0. The lowest BCUT2D eigenvalue weighted by Crippen LogP contribution is -2.18. The molecule has 3 fully saturated rings. The van der Waals surface area contributed by atoms with Gasteiger partial charge in [-0.15, -0.1) is 12.3 Å². The molecule has 0 N–H and O–H groups in total. The van der Waals surface area contributed by atoms with Crippen molar-refractivity contribution in [2.45, 2.75) is 70.6 Å². The van der Waals surface area contributed by atoms with Crippen LogP contribution in [-0.2, 0) is 4.79 Å². The molecular weight excluding hydrogens is 256 g/mol. The van der Waals surface area contributed by atoms with Crippen LogP contribution in [0, 0.1) is 47.9 Å². The number of hydrogen-bond acceptors (Lipinski definition) is 1. The molecule has 0 spiro atoms. The van der Waals surface area contributed by atoms with Crippen molar-refractivity contribution >= 4 is 6.29 Å². The minimum absolute atomic E-state index is 0.704. The topological polar surface area (TPSA) is 17.1 Å². The summed E-state index contributed by atoms with van der Waals surface area (Å²) in [4.78, 5) is 10.6. The van der Waals surface area contributed by atoms with Gasteiger partial charge in [-0.05, 0) is 80.5 Å². The third kappa shape index (κ3) is 3.53. The second kappa shape index (κ2) is 6.99. The van der Waals surface area contributed by atoms with E-state index in [4.69, 9.17) is 6.42 Å². The van der Waals surface area contributed by atoms with Crippen LogP contribution < -0.4 is 0 Å². The van der Waals surface area contributed by atoms with E-state index in [1.54, 1.807) is 0 Å². The van der Waals surface area contributed by atoms with Crippen LogP contribution in [0.25, 0.3) is 0 Å².